The Labute approximate surface area is 169 Å². The maximum atomic E-state index is 6.34. The van der Waals surface area contributed by atoms with Gasteiger partial charge in [-0.25, -0.2) is 0 Å². The van der Waals surface area contributed by atoms with Crippen LogP contribution in [-0.2, 0) is 0 Å². The molecule has 0 radical (unpaired) electrons. The molecule has 0 N–H and O–H groups in total. The summed E-state index contributed by atoms with van der Waals surface area (Å²) >= 11 is 0. The van der Waals surface area contributed by atoms with E-state index in [1.165, 1.54) is 12.8 Å². The van der Waals surface area contributed by atoms with Gasteiger partial charge in [0.15, 0.2) is 0 Å². The summed E-state index contributed by atoms with van der Waals surface area (Å²) < 4.78 is 12.7. The van der Waals surface area contributed by atoms with Crippen LogP contribution < -0.4 is 9.47 Å². The lowest BCUT2D eigenvalue weighted by Crippen LogP contribution is -2.03. The number of hydrogen-bond acceptors (Lipinski definition) is 2. The van der Waals surface area contributed by atoms with E-state index in [1.54, 1.807) is 0 Å². The highest BCUT2D eigenvalue weighted by Gasteiger charge is 2.15. The Kier molecular flexibility index (Phi) is 7.19. The van der Waals surface area contributed by atoms with Crippen LogP contribution in [0.4, 0.5) is 0 Å². The molecule has 3 aromatic carbocycles. The molecule has 0 aromatic heterocycles. The number of rotatable bonds is 10. The second kappa shape index (κ2) is 9.82. The fraction of sp³-hybridized carbons (Fsp3) is 0.462. The van der Waals surface area contributed by atoms with E-state index >= 15 is 0 Å². The topological polar surface area (TPSA) is 18.5 Å². The Bertz CT molecular complexity index is 764. The third-order valence-electron chi connectivity index (χ3n) is 5.18. The average molecular weight is 379 g/mol. The van der Waals surface area contributed by atoms with Gasteiger partial charge in [-0.15, -0.1) is 0 Å². The van der Waals surface area contributed by atoms with Crippen molar-refractivity contribution in [2.75, 3.05) is 13.2 Å². The number of ether oxygens (including phenoxy) is 2. The zero-order valence-corrected chi connectivity index (χ0v) is 17.8. The maximum Gasteiger partial charge on any atom is 0.135 e. The van der Waals surface area contributed by atoms with Crippen molar-refractivity contribution in [2.45, 2.75) is 53.4 Å². The molecule has 0 heterocycles. The number of hydrogen-bond donors (Lipinski definition) is 0. The first-order valence-corrected chi connectivity index (χ1v) is 10.8. The molecule has 0 saturated carbocycles. The van der Waals surface area contributed by atoms with Gasteiger partial charge in [0, 0.05) is 21.5 Å². The molecule has 0 atom stereocenters. The maximum absolute atomic E-state index is 6.34. The SMILES string of the molecule is CC(C)CCCOc1c2ccccc2c(OCCCC(C)C)c2ccccc12. The molecular formula is C26H34O2. The summed E-state index contributed by atoms with van der Waals surface area (Å²) in [7, 11) is 0. The van der Waals surface area contributed by atoms with Crippen molar-refractivity contribution in [3.63, 3.8) is 0 Å². The van der Waals surface area contributed by atoms with E-state index < -0.39 is 0 Å². The molecule has 0 bridgehead atoms. The van der Waals surface area contributed by atoms with E-state index in [2.05, 4.69) is 76.2 Å². The normalized spacial score (nSPS) is 11.6. The third-order valence-corrected chi connectivity index (χ3v) is 5.18. The molecule has 150 valence electrons. The lowest BCUT2D eigenvalue weighted by Gasteiger charge is -2.18. The highest BCUT2D eigenvalue weighted by molar-refractivity contribution is 6.11. The Hall–Kier alpha value is -2.22. The van der Waals surface area contributed by atoms with Gasteiger partial charge in [0.05, 0.1) is 13.2 Å². The van der Waals surface area contributed by atoms with E-state index in [9.17, 15) is 0 Å². The molecule has 0 aliphatic heterocycles. The summed E-state index contributed by atoms with van der Waals surface area (Å²) in [6, 6.07) is 16.9. The summed E-state index contributed by atoms with van der Waals surface area (Å²) in [4.78, 5) is 0. The molecule has 2 heteroatoms. The van der Waals surface area contributed by atoms with Crippen molar-refractivity contribution in [1.82, 2.24) is 0 Å². The molecule has 0 spiro atoms. The fourth-order valence-electron chi connectivity index (χ4n) is 3.69. The number of benzene rings is 3. The van der Waals surface area contributed by atoms with Gasteiger partial charge in [0.25, 0.3) is 0 Å². The zero-order valence-electron chi connectivity index (χ0n) is 17.8. The first-order chi connectivity index (χ1) is 13.6. The smallest absolute Gasteiger partial charge is 0.135 e. The van der Waals surface area contributed by atoms with Crippen molar-refractivity contribution >= 4 is 21.5 Å². The summed E-state index contributed by atoms with van der Waals surface area (Å²) in [5.41, 5.74) is 0. The van der Waals surface area contributed by atoms with E-state index in [1.807, 2.05) is 0 Å². The Balaban J connectivity index is 1.96. The van der Waals surface area contributed by atoms with Crippen molar-refractivity contribution in [2.24, 2.45) is 11.8 Å². The summed E-state index contributed by atoms with van der Waals surface area (Å²) in [5, 5.41) is 4.57. The minimum Gasteiger partial charge on any atom is -0.492 e. The average Bonchev–Trinajstić information content (AvgIpc) is 2.68. The predicted octanol–water partition coefficient (Wildman–Crippen LogP) is 7.62. The predicted molar refractivity (Wildman–Crippen MR) is 121 cm³/mol. The molecule has 0 saturated heterocycles. The van der Waals surface area contributed by atoms with Crippen LogP contribution in [-0.4, -0.2) is 13.2 Å². The van der Waals surface area contributed by atoms with Crippen molar-refractivity contribution in [1.29, 1.82) is 0 Å². The van der Waals surface area contributed by atoms with Gasteiger partial charge >= 0.3 is 0 Å². The minimum absolute atomic E-state index is 0.707. The molecule has 2 nitrogen and oxygen atoms in total. The van der Waals surface area contributed by atoms with Crippen LogP contribution in [0.5, 0.6) is 11.5 Å². The first kappa shape index (κ1) is 20.5. The van der Waals surface area contributed by atoms with E-state index in [0.29, 0.717) is 11.8 Å². The Morgan fingerprint density at radius 3 is 1.18 bits per heavy atom. The van der Waals surface area contributed by atoms with Crippen molar-refractivity contribution < 1.29 is 9.47 Å². The molecule has 3 aromatic rings. The standard InChI is InChI=1S/C26H34O2/c1-19(2)11-9-17-27-25-21-13-5-7-15-23(21)26(28-18-10-12-20(3)4)24-16-8-6-14-22(24)25/h5-8,13-16,19-20H,9-12,17-18H2,1-4H3. The van der Waals surface area contributed by atoms with Crippen LogP contribution in [0.15, 0.2) is 48.5 Å². The molecule has 0 aliphatic carbocycles. The van der Waals surface area contributed by atoms with Crippen LogP contribution in [0, 0.1) is 11.8 Å². The quantitative estimate of drug-likeness (QED) is 0.267. The van der Waals surface area contributed by atoms with E-state index in [0.717, 1.165) is 59.1 Å². The van der Waals surface area contributed by atoms with E-state index in [4.69, 9.17) is 9.47 Å². The lowest BCUT2D eigenvalue weighted by molar-refractivity contribution is 0.299. The zero-order chi connectivity index (χ0) is 19.9. The summed E-state index contributed by atoms with van der Waals surface area (Å²) in [6.45, 7) is 10.5. The van der Waals surface area contributed by atoms with Crippen LogP contribution in [0.3, 0.4) is 0 Å². The molecule has 0 unspecified atom stereocenters. The third kappa shape index (κ3) is 4.98. The highest BCUT2D eigenvalue weighted by atomic mass is 16.5. The molecule has 0 amide bonds. The van der Waals surface area contributed by atoms with Crippen LogP contribution in [0.2, 0.25) is 0 Å². The first-order valence-electron chi connectivity index (χ1n) is 10.8. The van der Waals surface area contributed by atoms with Gasteiger partial charge in [-0.3, -0.25) is 0 Å². The van der Waals surface area contributed by atoms with Crippen LogP contribution >= 0.6 is 0 Å². The highest BCUT2D eigenvalue weighted by Crippen LogP contribution is 2.42. The molecule has 28 heavy (non-hydrogen) atoms. The Morgan fingerprint density at radius 2 is 0.893 bits per heavy atom. The van der Waals surface area contributed by atoms with Crippen LogP contribution in [0.1, 0.15) is 53.4 Å². The fourth-order valence-corrected chi connectivity index (χ4v) is 3.69. The van der Waals surface area contributed by atoms with Crippen LogP contribution in [0.25, 0.3) is 21.5 Å². The summed E-state index contributed by atoms with van der Waals surface area (Å²) in [5.74, 6) is 3.39. The molecule has 0 aliphatic rings. The summed E-state index contributed by atoms with van der Waals surface area (Å²) in [6.07, 6.45) is 4.53. The second-order valence-electron chi connectivity index (χ2n) is 8.52. The number of fused-ring (bicyclic) bond motifs is 2. The monoisotopic (exact) mass is 378 g/mol. The Morgan fingerprint density at radius 1 is 0.571 bits per heavy atom. The molecule has 3 rings (SSSR count). The van der Waals surface area contributed by atoms with Gasteiger partial charge in [-0.2, -0.15) is 0 Å². The molecule has 0 fully saturated rings. The van der Waals surface area contributed by atoms with E-state index in [-0.39, 0.29) is 0 Å². The van der Waals surface area contributed by atoms with Crippen molar-refractivity contribution in [3.8, 4) is 11.5 Å². The van der Waals surface area contributed by atoms with Gasteiger partial charge < -0.3 is 9.47 Å². The minimum atomic E-state index is 0.707. The van der Waals surface area contributed by atoms with Gasteiger partial charge in [0.1, 0.15) is 11.5 Å². The molecular weight excluding hydrogens is 344 g/mol. The second-order valence-corrected chi connectivity index (χ2v) is 8.52. The largest absolute Gasteiger partial charge is 0.492 e. The van der Waals surface area contributed by atoms with Gasteiger partial charge in [-0.05, 0) is 37.5 Å². The van der Waals surface area contributed by atoms with Crippen molar-refractivity contribution in [3.05, 3.63) is 48.5 Å². The lowest BCUT2D eigenvalue weighted by atomic mass is 10.0. The van der Waals surface area contributed by atoms with Gasteiger partial charge in [0.2, 0.25) is 0 Å². The van der Waals surface area contributed by atoms with Gasteiger partial charge in [-0.1, -0.05) is 76.2 Å².